The molecule has 0 spiro atoms. The summed E-state index contributed by atoms with van der Waals surface area (Å²) in [6.07, 6.45) is 1.29. The van der Waals surface area contributed by atoms with Crippen molar-refractivity contribution < 1.29 is 33.2 Å². The van der Waals surface area contributed by atoms with Crippen LogP contribution in [-0.4, -0.2) is 42.0 Å². The van der Waals surface area contributed by atoms with Crippen LogP contribution in [0.4, 0.5) is 10.5 Å². The second kappa shape index (κ2) is 7.84. The Morgan fingerprint density at radius 2 is 2.03 bits per heavy atom. The van der Waals surface area contributed by atoms with Crippen LogP contribution in [0.15, 0.2) is 40.4 Å². The van der Waals surface area contributed by atoms with E-state index in [4.69, 9.17) is 9.15 Å². The lowest BCUT2D eigenvalue weighted by molar-refractivity contribution is -0.384. The molecule has 1 N–H and O–H groups in total. The van der Waals surface area contributed by atoms with E-state index in [1.54, 1.807) is 0 Å². The number of ether oxygens (including phenoxy) is 2. The fourth-order valence-electron chi connectivity index (χ4n) is 2.65. The van der Waals surface area contributed by atoms with E-state index in [0.717, 1.165) is 4.90 Å². The third kappa shape index (κ3) is 3.93. The summed E-state index contributed by atoms with van der Waals surface area (Å²) in [7, 11) is 2.57. The lowest BCUT2D eigenvalue weighted by atomic mass is 10.1. The molecule has 2 heterocycles. The average molecular weight is 401 g/mol. The lowest BCUT2D eigenvalue weighted by Gasteiger charge is -2.09. The van der Waals surface area contributed by atoms with E-state index >= 15 is 0 Å². The summed E-state index contributed by atoms with van der Waals surface area (Å²) in [6.45, 7) is -0.217. The van der Waals surface area contributed by atoms with Gasteiger partial charge in [-0.3, -0.25) is 19.8 Å². The molecule has 150 valence electrons. The number of nitrogens with one attached hydrogen (secondary N) is 1. The van der Waals surface area contributed by atoms with Crippen LogP contribution in [-0.2, 0) is 16.1 Å². The smallest absolute Gasteiger partial charge is 0.373 e. The maximum atomic E-state index is 12.6. The number of amides is 3. The predicted octanol–water partition coefficient (Wildman–Crippen LogP) is 2.08. The minimum Gasteiger partial charge on any atom is -0.496 e. The van der Waals surface area contributed by atoms with Gasteiger partial charge in [0.1, 0.15) is 17.2 Å². The summed E-state index contributed by atoms with van der Waals surface area (Å²) in [5.74, 6) is -0.932. The molecule has 0 saturated carbocycles. The second-order valence-electron chi connectivity index (χ2n) is 5.82. The molecule has 1 fully saturated rings. The zero-order chi connectivity index (χ0) is 21.1. The molecule has 1 saturated heterocycles. The van der Waals surface area contributed by atoms with Crippen molar-refractivity contribution in [3.05, 3.63) is 63.2 Å². The van der Waals surface area contributed by atoms with Gasteiger partial charge in [-0.25, -0.2) is 9.59 Å². The Morgan fingerprint density at radius 3 is 2.69 bits per heavy atom. The maximum Gasteiger partial charge on any atom is 0.373 e. The number of furan rings is 1. The molecule has 0 atom stereocenters. The summed E-state index contributed by atoms with van der Waals surface area (Å²) < 4.78 is 14.9. The molecule has 3 amide bonds. The highest BCUT2D eigenvalue weighted by Gasteiger charge is 2.34. The molecule has 0 unspecified atom stereocenters. The second-order valence-corrected chi connectivity index (χ2v) is 5.82. The topological polar surface area (TPSA) is 141 Å². The first-order chi connectivity index (χ1) is 13.8. The van der Waals surface area contributed by atoms with E-state index in [1.807, 2.05) is 0 Å². The molecular formula is C18H15N3O8. The van der Waals surface area contributed by atoms with Crippen molar-refractivity contribution in [1.29, 1.82) is 0 Å². The van der Waals surface area contributed by atoms with Gasteiger partial charge in [0.15, 0.2) is 0 Å². The van der Waals surface area contributed by atoms with Crippen molar-refractivity contribution in [2.24, 2.45) is 0 Å². The van der Waals surface area contributed by atoms with Gasteiger partial charge in [0.2, 0.25) is 5.76 Å². The first kappa shape index (κ1) is 19.6. The minimum atomic E-state index is -0.707. The summed E-state index contributed by atoms with van der Waals surface area (Å²) in [5.41, 5.74) is -0.0380. The standard InChI is InChI=1S/C18H15N3O8/c1-27-14-5-3-11(21(25)26)7-10(14)8-13-16(22)20(18(24)19-13)9-12-4-6-15(29-12)17(23)28-2/h3-8H,9H2,1-2H3,(H,19,24)/b13-8-. The fourth-order valence-corrected chi connectivity index (χ4v) is 2.65. The third-order valence-corrected chi connectivity index (χ3v) is 4.05. The van der Waals surface area contributed by atoms with Crippen LogP contribution in [0.5, 0.6) is 5.75 Å². The fraction of sp³-hybridized carbons (Fsp3) is 0.167. The van der Waals surface area contributed by atoms with E-state index in [9.17, 15) is 24.5 Å². The number of benzene rings is 1. The molecule has 0 radical (unpaired) electrons. The Kier molecular flexibility index (Phi) is 5.30. The predicted molar refractivity (Wildman–Crippen MR) is 96.8 cm³/mol. The summed E-state index contributed by atoms with van der Waals surface area (Å²) in [5, 5.41) is 13.4. The third-order valence-electron chi connectivity index (χ3n) is 4.05. The zero-order valence-electron chi connectivity index (χ0n) is 15.3. The molecule has 1 aliphatic rings. The first-order valence-corrected chi connectivity index (χ1v) is 8.18. The molecule has 1 aromatic heterocycles. The number of urea groups is 1. The highest BCUT2D eigenvalue weighted by molar-refractivity contribution is 6.14. The van der Waals surface area contributed by atoms with Crippen molar-refractivity contribution in [1.82, 2.24) is 10.2 Å². The SMILES string of the molecule is COC(=O)c1ccc(CN2C(=O)N/C(=C\c3cc([N+](=O)[O-])ccc3OC)C2=O)o1. The van der Waals surface area contributed by atoms with Crippen molar-refractivity contribution in [2.75, 3.05) is 14.2 Å². The summed E-state index contributed by atoms with van der Waals surface area (Å²) in [4.78, 5) is 47.5. The van der Waals surface area contributed by atoms with E-state index < -0.39 is 22.8 Å². The van der Waals surface area contributed by atoms with E-state index in [-0.39, 0.29) is 40.8 Å². The van der Waals surface area contributed by atoms with E-state index in [1.165, 1.54) is 50.6 Å². The molecule has 2 aromatic rings. The zero-order valence-corrected chi connectivity index (χ0v) is 15.3. The number of hydrogen-bond acceptors (Lipinski definition) is 8. The van der Waals surface area contributed by atoms with Crippen LogP contribution in [0, 0.1) is 10.1 Å². The number of imide groups is 1. The number of rotatable bonds is 6. The Balaban J connectivity index is 1.85. The van der Waals surface area contributed by atoms with Crippen LogP contribution in [0.3, 0.4) is 0 Å². The molecule has 0 aliphatic carbocycles. The number of non-ortho nitro benzene ring substituents is 1. The van der Waals surface area contributed by atoms with Crippen LogP contribution in [0.2, 0.25) is 0 Å². The molecule has 3 rings (SSSR count). The van der Waals surface area contributed by atoms with Crippen LogP contribution < -0.4 is 10.1 Å². The number of methoxy groups -OCH3 is 2. The number of carbonyl (C=O) groups excluding carboxylic acids is 3. The number of nitro groups is 1. The van der Waals surface area contributed by atoms with Gasteiger partial charge in [-0.15, -0.1) is 0 Å². The maximum absolute atomic E-state index is 12.6. The number of carbonyl (C=O) groups is 3. The Bertz CT molecular complexity index is 1040. The van der Waals surface area contributed by atoms with Gasteiger partial charge < -0.3 is 19.2 Å². The normalized spacial score (nSPS) is 14.8. The number of hydrogen-bond donors (Lipinski definition) is 1. The quantitative estimate of drug-likeness (QED) is 0.255. The molecule has 0 bridgehead atoms. The summed E-state index contributed by atoms with van der Waals surface area (Å²) >= 11 is 0. The minimum absolute atomic E-state index is 0.0633. The van der Waals surface area contributed by atoms with Gasteiger partial charge in [0, 0.05) is 17.7 Å². The highest BCUT2D eigenvalue weighted by Crippen LogP contribution is 2.27. The Morgan fingerprint density at radius 1 is 1.28 bits per heavy atom. The van der Waals surface area contributed by atoms with E-state index in [0.29, 0.717) is 0 Å². The molecule has 29 heavy (non-hydrogen) atoms. The van der Waals surface area contributed by atoms with Gasteiger partial charge in [0.05, 0.1) is 25.7 Å². The van der Waals surface area contributed by atoms with Gasteiger partial charge in [0.25, 0.3) is 11.6 Å². The van der Waals surface area contributed by atoms with Crippen LogP contribution in [0.1, 0.15) is 21.9 Å². The molecular weight excluding hydrogens is 386 g/mol. The lowest BCUT2D eigenvalue weighted by Crippen LogP contribution is -2.30. The van der Waals surface area contributed by atoms with Crippen LogP contribution >= 0.6 is 0 Å². The highest BCUT2D eigenvalue weighted by atomic mass is 16.6. The molecule has 11 nitrogen and oxygen atoms in total. The number of esters is 1. The number of nitrogens with zero attached hydrogens (tertiary/aromatic N) is 2. The molecule has 11 heteroatoms. The van der Waals surface area contributed by atoms with Gasteiger partial charge in [-0.05, 0) is 24.3 Å². The monoisotopic (exact) mass is 401 g/mol. The van der Waals surface area contributed by atoms with Crippen molar-refractivity contribution in [2.45, 2.75) is 6.54 Å². The van der Waals surface area contributed by atoms with Crippen molar-refractivity contribution in [3.8, 4) is 5.75 Å². The largest absolute Gasteiger partial charge is 0.496 e. The number of nitro benzene ring substituents is 1. The van der Waals surface area contributed by atoms with E-state index in [2.05, 4.69) is 10.1 Å². The van der Waals surface area contributed by atoms with Crippen molar-refractivity contribution in [3.63, 3.8) is 0 Å². The van der Waals surface area contributed by atoms with Gasteiger partial charge >= 0.3 is 12.0 Å². The Labute approximate surface area is 163 Å². The average Bonchev–Trinajstić information content (AvgIpc) is 3.28. The summed E-state index contributed by atoms with van der Waals surface area (Å²) in [6, 6.07) is 5.98. The van der Waals surface area contributed by atoms with Crippen LogP contribution in [0.25, 0.3) is 6.08 Å². The first-order valence-electron chi connectivity index (χ1n) is 8.18. The molecule has 1 aromatic carbocycles. The van der Waals surface area contributed by atoms with Crippen molar-refractivity contribution >= 4 is 29.7 Å². The van der Waals surface area contributed by atoms with Gasteiger partial charge in [-0.2, -0.15) is 0 Å². The van der Waals surface area contributed by atoms with Gasteiger partial charge in [-0.1, -0.05) is 0 Å². The molecule has 1 aliphatic heterocycles. The Hall–Kier alpha value is -4.15.